The molecule has 0 aliphatic rings. The van der Waals surface area contributed by atoms with Gasteiger partial charge in [0.1, 0.15) is 0 Å². The number of benzene rings is 1. The second-order valence-corrected chi connectivity index (χ2v) is 5.27. The number of nitrogens with one attached hydrogen (secondary N) is 1. The summed E-state index contributed by atoms with van der Waals surface area (Å²) in [6, 6.07) is 5.76. The Morgan fingerprint density at radius 3 is 2.50 bits per heavy atom. The molecular formula is C12H16Cl3N. The van der Waals surface area contributed by atoms with Crippen LogP contribution in [-0.2, 0) is 6.54 Å². The fraction of sp³-hybridized carbons (Fsp3) is 0.500. The Bertz CT molecular complexity index is 339. The molecule has 16 heavy (non-hydrogen) atoms. The van der Waals surface area contributed by atoms with E-state index in [1.807, 2.05) is 12.1 Å². The smallest absolute Gasteiger partial charge is 0.0451 e. The van der Waals surface area contributed by atoms with E-state index in [-0.39, 0.29) is 6.04 Å². The first-order chi connectivity index (χ1) is 7.54. The average molecular weight is 281 g/mol. The lowest BCUT2D eigenvalue weighted by molar-refractivity contribution is 0.430. The van der Waals surface area contributed by atoms with E-state index in [4.69, 9.17) is 34.8 Å². The van der Waals surface area contributed by atoms with Crippen LogP contribution in [0.3, 0.4) is 0 Å². The first kappa shape index (κ1) is 14.1. The van der Waals surface area contributed by atoms with Crippen LogP contribution in [0.1, 0.15) is 19.4 Å². The molecule has 4 heteroatoms. The van der Waals surface area contributed by atoms with Gasteiger partial charge in [0.2, 0.25) is 0 Å². The molecular weight excluding hydrogens is 264 g/mol. The van der Waals surface area contributed by atoms with Crippen LogP contribution in [0.4, 0.5) is 0 Å². The van der Waals surface area contributed by atoms with Crippen LogP contribution in [0.2, 0.25) is 10.0 Å². The highest BCUT2D eigenvalue weighted by atomic mass is 35.5. The summed E-state index contributed by atoms with van der Waals surface area (Å²) in [5, 5.41) is 4.81. The van der Waals surface area contributed by atoms with Gasteiger partial charge in [0, 0.05) is 28.5 Å². The van der Waals surface area contributed by atoms with Crippen LogP contribution in [0.15, 0.2) is 18.2 Å². The molecule has 0 radical (unpaired) electrons. The van der Waals surface area contributed by atoms with Gasteiger partial charge < -0.3 is 5.32 Å². The molecule has 1 nitrogen and oxygen atoms in total. The highest BCUT2D eigenvalue weighted by Gasteiger charge is 2.11. The quantitative estimate of drug-likeness (QED) is 0.791. The van der Waals surface area contributed by atoms with E-state index in [2.05, 4.69) is 19.2 Å². The topological polar surface area (TPSA) is 12.0 Å². The molecule has 1 aromatic rings. The summed E-state index contributed by atoms with van der Waals surface area (Å²) in [4.78, 5) is 0. The van der Waals surface area contributed by atoms with E-state index in [0.717, 1.165) is 10.6 Å². The minimum Gasteiger partial charge on any atom is -0.308 e. The third kappa shape index (κ3) is 4.14. The third-order valence-electron chi connectivity index (χ3n) is 2.53. The Labute approximate surface area is 112 Å². The molecule has 0 aliphatic heterocycles. The van der Waals surface area contributed by atoms with E-state index in [1.54, 1.807) is 6.07 Å². The fourth-order valence-electron chi connectivity index (χ4n) is 1.39. The van der Waals surface area contributed by atoms with Gasteiger partial charge in [-0.2, -0.15) is 0 Å². The number of alkyl halides is 1. The van der Waals surface area contributed by atoms with Crippen LogP contribution in [0.25, 0.3) is 0 Å². The van der Waals surface area contributed by atoms with Gasteiger partial charge >= 0.3 is 0 Å². The molecule has 1 N–H and O–H groups in total. The molecule has 0 saturated heterocycles. The molecule has 1 rings (SSSR count). The summed E-state index contributed by atoms with van der Waals surface area (Å²) >= 11 is 17.9. The van der Waals surface area contributed by atoms with Crippen molar-refractivity contribution in [3.8, 4) is 0 Å². The Balaban J connectivity index is 2.63. The molecule has 0 bridgehead atoms. The van der Waals surface area contributed by atoms with Crippen molar-refractivity contribution in [3.05, 3.63) is 33.8 Å². The normalized spacial score (nSPS) is 13.1. The molecule has 0 fully saturated rings. The standard InChI is InChI=1S/C12H16Cl3N/c1-8(2)12(6-13)16-7-9-5-10(14)3-4-11(9)15/h3-5,8,12,16H,6-7H2,1-2H3. The number of hydrogen-bond donors (Lipinski definition) is 1. The van der Waals surface area contributed by atoms with Gasteiger partial charge in [-0.3, -0.25) is 0 Å². The average Bonchev–Trinajstić information content (AvgIpc) is 2.23. The maximum atomic E-state index is 6.07. The molecule has 1 aromatic carbocycles. The minimum absolute atomic E-state index is 0.289. The minimum atomic E-state index is 0.289. The number of rotatable bonds is 5. The Kier molecular flexibility index (Phi) is 5.91. The molecule has 0 spiro atoms. The predicted octanol–water partition coefficient (Wildman–Crippen LogP) is 4.35. The lowest BCUT2D eigenvalue weighted by Gasteiger charge is -2.20. The largest absolute Gasteiger partial charge is 0.308 e. The number of hydrogen-bond acceptors (Lipinski definition) is 1. The Morgan fingerprint density at radius 1 is 1.25 bits per heavy atom. The zero-order chi connectivity index (χ0) is 12.1. The van der Waals surface area contributed by atoms with Crippen molar-refractivity contribution in [2.24, 2.45) is 5.92 Å². The van der Waals surface area contributed by atoms with E-state index in [0.29, 0.717) is 23.4 Å². The zero-order valence-electron chi connectivity index (χ0n) is 9.43. The summed E-state index contributed by atoms with van der Waals surface area (Å²) in [6.45, 7) is 4.97. The van der Waals surface area contributed by atoms with Gasteiger partial charge in [0.15, 0.2) is 0 Å². The first-order valence-electron chi connectivity index (χ1n) is 5.28. The highest BCUT2D eigenvalue weighted by molar-refractivity contribution is 6.33. The van der Waals surface area contributed by atoms with Crippen LogP contribution in [0, 0.1) is 5.92 Å². The van der Waals surface area contributed by atoms with Crippen LogP contribution in [0.5, 0.6) is 0 Å². The Morgan fingerprint density at radius 2 is 1.94 bits per heavy atom. The van der Waals surface area contributed by atoms with Crippen LogP contribution < -0.4 is 5.32 Å². The SMILES string of the molecule is CC(C)C(CCl)NCc1cc(Cl)ccc1Cl. The predicted molar refractivity (Wildman–Crippen MR) is 72.6 cm³/mol. The van der Waals surface area contributed by atoms with Crippen molar-refractivity contribution in [2.75, 3.05) is 5.88 Å². The molecule has 0 aromatic heterocycles. The van der Waals surface area contributed by atoms with E-state index in [9.17, 15) is 0 Å². The van der Waals surface area contributed by atoms with Gasteiger partial charge in [-0.1, -0.05) is 37.0 Å². The van der Waals surface area contributed by atoms with Gasteiger partial charge in [0.05, 0.1) is 0 Å². The molecule has 0 aliphatic carbocycles. The lowest BCUT2D eigenvalue weighted by atomic mass is 10.1. The summed E-state index contributed by atoms with van der Waals surface area (Å²) in [6.07, 6.45) is 0. The van der Waals surface area contributed by atoms with Gasteiger partial charge in [0.25, 0.3) is 0 Å². The molecule has 0 saturated carbocycles. The lowest BCUT2D eigenvalue weighted by Crippen LogP contribution is -2.34. The molecule has 0 heterocycles. The first-order valence-corrected chi connectivity index (χ1v) is 6.57. The second-order valence-electron chi connectivity index (χ2n) is 4.12. The summed E-state index contributed by atoms with van der Waals surface area (Å²) < 4.78 is 0. The maximum absolute atomic E-state index is 6.07. The summed E-state index contributed by atoms with van der Waals surface area (Å²) in [5.74, 6) is 1.09. The molecule has 1 atom stereocenters. The van der Waals surface area contributed by atoms with Crippen molar-refractivity contribution in [1.29, 1.82) is 0 Å². The summed E-state index contributed by atoms with van der Waals surface area (Å²) in [7, 11) is 0. The number of halogens is 3. The van der Waals surface area contributed by atoms with E-state index in [1.165, 1.54) is 0 Å². The van der Waals surface area contributed by atoms with Gasteiger partial charge in [-0.05, 0) is 29.7 Å². The molecule has 1 unspecified atom stereocenters. The van der Waals surface area contributed by atoms with Gasteiger partial charge in [-0.15, -0.1) is 11.6 Å². The molecule has 0 amide bonds. The van der Waals surface area contributed by atoms with E-state index >= 15 is 0 Å². The van der Waals surface area contributed by atoms with Crippen LogP contribution in [-0.4, -0.2) is 11.9 Å². The maximum Gasteiger partial charge on any atom is 0.0451 e. The van der Waals surface area contributed by atoms with Crippen molar-refractivity contribution in [2.45, 2.75) is 26.4 Å². The Hall–Kier alpha value is 0.0500. The van der Waals surface area contributed by atoms with Gasteiger partial charge in [-0.25, -0.2) is 0 Å². The van der Waals surface area contributed by atoms with Crippen molar-refractivity contribution >= 4 is 34.8 Å². The highest BCUT2D eigenvalue weighted by Crippen LogP contribution is 2.20. The van der Waals surface area contributed by atoms with Crippen LogP contribution >= 0.6 is 34.8 Å². The fourth-order valence-corrected chi connectivity index (χ4v) is 2.23. The van der Waals surface area contributed by atoms with E-state index < -0.39 is 0 Å². The summed E-state index contributed by atoms with van der Waals surface area (Å²) in [5.41, 5.74) is 1.00. The zero-order valence-corrected chi connectivity index (χ0v) is 11.7. The molecule has 90 valence electrons. The van der Waals surface area contributed by atoms with Crippen molar-refractivity contribution < 1.29 is 0 Å². The van der Waals surface area contributed by atoms with Crippen molar-refractivity contribution in [1.82, 2.24) is 5.32 Å². The van der Waals surface area contributed by atoms with Crippen molar-refractivity contribution in [3.63, 3.8) is 0 Å². The monoisotopic (exact) mass is 279 g/mol. The third-order valence-corrected chi connectivity index (χ3v) is 3.47. The second kappa shape index (κ2) is 6.70.